The number of piperidine rings is 1. The van der Waals surface area contributed by atoms with Crippen LogP contribution in [0.25, 0.3) is 0 Å². The number of hydrogen-bond acceptors (Lipinski definition) is 4. The van der Waals surface area contributed by atoms with Crippen molar-refractivity contribution in [1.29, 1.82) is 0 Å². The number of hydrogen-bond donors (Lipinski definition) is 1. The van der Waals surface area contributed by atoms with Crippen molar-refractivity contribution in [2.24, 2.45) is 5.92 Å². The second-order valence-corrected chi connectivity index (χ2v) is 10.3. The number of amides is 1. The van der Waals surface area contributed by atoms with Gasteiger partial charge in [-0.15, -0.1) is 0 Å². The van der Waals surface area contributed by atoms with E-state index in [4.69, 9.17) is 4.74 Å². The fourth-order valence-corrected chi connectivity index (χ4v) is 5.77. The molecule has 1 amide bonds. The standard InChI is InChI=1S/C26H28N2O4S/c1-19-12-13-20(2)25(18-19)33(30,31)28-16-14-21(15-17-28)26(29)27-23-10-6-7-11-24(23)32-22-8-4-3-5-9-22/h3-13,18,21H,14-17H2,1-2H3,(H,27,29). The Kier molecular flexibility index (Phi) is 6.81. The van der Waals surface area contributed by atoms with Crippen LogP contribution < -0.4 is 10.1 Å². The highest BCUT2D eigenvalue weighted by Crippen LogP contribution is 2.31. The fourth-order valence-electron chi connectivity index (χ4n) is 3.99. The molecule has 33 heavy (non-hydrogen) atoms. The van der Waals surface area contributed by atoms with Crippen LogP contribution in [0.2, 0.25) is 0 Å². The maximum absolute atomic E-state index is 13.2. The quantitative estimate of drug-likeness (QED) is 0.548. The van der Waals surface area contributed by atoms with Crippen molar-refractivity contribution >= 4 is 21.6 Å². The van der Waals surface area contributed by atoms with E-state index in [-0.39, 0.29) is 11.8 Å². The van der Waals surface area contributed by atoms with Crippen LogP contribution in [0.3, 0.4) is 0 Å². The van der Waals surface area contributed by atoms with Crippen LogP contribution in [0.15, 0.2) is 77.7 Å². The molecule has 0 atom stereocenters. The second-order valence-electron chi connectivity index (χ2n) is 8.35. The summed E-state index contributed by atoms with van der Waals surface area (Å²) < 4.78 is 33.7. The highest BCUT2D eigenvalue weighted by atomic mass is 32.2. The summed E-state index contributed by atoms with van der Waals surface area (Å²) in [5.74, 6) is 0.860. The molecule has 7 heteroatoms. The molecule has 4 rings (SSSR count). The maximum atomic E-state index is 13.2. The van der Waals surface area contributed by atoms with Gasteiger partial charge in [-0.1, -0.05) is 42.5 Å². The molecule has 0 saturated carbocycles. The molecule has 0 spiro atoms. The average molecular weight is 465 g/mol. The third kappa shape index (κ3) is 5.26. The molecule has 0 radical (unpaired) electrons. The number of nitrogens with one attached hydrogen (secondary N) is 1. The molecule has 1 N–H and O–H groups in total. The lowest BCUT2D eigenvalue weighted by atomic mass is 9.97. The van der Waals surface area contributed by atoms with Gasteiger partial charge in [0.1, 0.15) is 5.75 Å². The van der Waals surface area contributed by atoms with Gasteiger partial charge >= 0.3 is 0 Å². The van der Waals surface area contributed by atoms with Gasteiger partial charge < -0.3 is 10.1 Å². The predicted octanol–water partition coefficient (Wildman–Crippen LogP) is 5.14. The van der Waals surface area contributed by atoms with Gasteiger partial charge in [0.25, 0.3) is 0 Å². The van der Waals surface area contributed by atoms with E-state index in [1.165, 1.54) is 4.31 Å². The summed E-state index contributed by atoms with van der Waals surface area (Å²) in [4.78, 5) is 13.3. The molecule has 6 nitrogen and oxygen atoms in total. The van der Waals surface area contributed by atoms with Crippen LogP contribution in [0.4, 0.5) is 5.69 Å². The summed E-state index contributed by atoms with van der Waals surface area (Å²) in [6, 6.07) is 22.1. The molecule has 0 bridgehead atoms. The molecule has 1 heterocycles. The number of carbonyl (C=O) groups is 1. The summed E-state index contributed by atoms with van der Waals surface area (Å²) in [7, 11) is -3.58. The molecule has 0 aliphatic carbocycles. The number of carbonyl (C=O) groups excluding carboxylic acids is 1. The summed E-state index contributed by atoms with van der Waals surface area (Å²) >= 11 is 0. The molecular formula is C26H28N2O4S. The fraction of sp³-hybridized carbons (Fsp3) is 0.269. The Hall–Kier alpha value is -3.16. The number of anilines is 1. The molecule has 3 aromatic rings. The Morgan fingerprint density at radius 1 is 0.939 bits per heavy atom. The van der Waals surface area contributed by atoms with Gasteiger partial charge in [0.2, 0.25) is 15.9 Å². The summed E-state index contributed by atoms with van der Waals surface area (Å²) in [5.41, 5.74) is 2.23. The molecule has 1 aliphatic heterocycles. The molecule has 3 aromatic carbocycles. The van der Waals surface area contributed by atoms with Gasteiger partial charge in [-0.2, -0.15) is 4.31 Å². The van der Waals surface area contributed by atoms with Crippen LogP contribution in [0.5, 0.6) is 11.5 Å². The largest absolute Gasteiger partial charge is 0.455 e. The first-order valence-corrected chi connectivity index (χ1v) is 12.5. The van der Waals surface area contributed by atoms with Gasteiger partial charge in [0.05, 0.1) is 10.6 Å². The molecule has 1 aliphatic rings. The average Bonchev–Trinajstić information content (AvgIpc) is 2.82. The number of nitrogens with zero attached hydrogens (tertiary/aromatic N) is 1. The normalized spacial score (nSPS) is 15.2. The minimum atomic E-state index is -3.58. The maximum Gasteiger partial charge on any atom is 0.243 e. The third-order valence-corrected chi connectivity index (χ3v) is 7.94. The van der Waals surface area contributed by atoms with Crippen molar-refractivity contribution in [2.75, 3.05) is 18.4 Å². The van der Waals surface area contributed by atoms with E-state index in [0.717, 1.165) is 11.1 Å². The minimum Gasteiger partial charge on any atom is -0.455 e. The highest BCUT2D eigenvalue weighted by Gasteiger charge is 2.33. The Morgan fingerprint density at radius 2 is 1.61 bits per heavy atom. The second kappa shape index (κ2) is 9.77. The smallest absolute Gasteiger partial charge is 0.243 e. The van der Waals surface area contributed by atoms with Gasteiger partial charge in [0.15, 0.2) is 5.75 Å². The Labute approximate surface area is 195 Å². The predicted molar refractivity (Wildman–Crippen MR) is 129 cm³/mol. The van der Waals surface area contributed by atoms with Crippen molar-refractivity contribution in [2.45, 2.75) is 31.6 Å². The first-order valence-electron chi connectivity index (χ1n) is 11.0. The topological polar surface area (TPSA) is 75.7 Å². The Balaban J connectivity index is 1.41. The molecule has 1 fully saturated rings. The SMILES string of the molecule is Cc1ccc(C)c(S(=O)(=O)N2CCC(C(=O)Nc3ccccc3Oc3ccccc3)CC2)c1. The number of aryl methyl sites for hydroxylation is 2. The number of rotatable bonds is 6. The van der Waals surface area contributed by atoms with Crippen LogP contribution in [-0.4, -0.2) is 31.7 Å². The van der Waals surface area contributed by atoms with Gasteiger partial charge in [-0.3, -0.25) is 4.79 Å². The van der Waals surface area contributed by atoms with E-state index in [0.29, 0.717) is 48.0 Å². The zero-order valence-corrected chi connectivity index (χ0v) is 19.6. The zero-order chi connectivity index (χ0) is 23.4. The summed E-state index contributed by atoms with van der Waals surface area (Å²) in [6.07, 6.45) is 0.940. The van der Waals surface area contributed by atoms with Crippen LogP contribution >= 0.6 is 0 Å². The Morgan fingerprint density at radius 3 is 2.33 bits per heavy atom. The lowest BCUT2D eigenvalue weighted by molar-refractivity contribution is -0.120. The van der Waals surface area contributed by atoms with E-state index in [2.05, 4.69) is 5.32 Å². The first kappa shape index (κ1) is 23.0. The first-order chi connectivity index (χ1) is 15.8. The van der Waals surface area contributed by atoms with Gasteiger partial charge in [-0.05, 0) is 68.1 Å². The van der Waals surface area contributed by atoms with Crippen molar-refractivity contribution in [3.63, 3.8) is 0 Å². The minimum absolute atomic E-state index is 0.122. The van der Waals surface area contributed by atoms with Crippen LogP contribution in [0, 0.1) is 19.8 Å². The molecule has 0 unspecified atom stereocenters. The molecular weight excluding hydrogens is 436 g/mol. The van der Waals surface area contributed by atoms with Crippen molar-refractivity contribution in [3.8, 4) is 11.5 Å². The lowest BCUT2D eigenvalue weighted by Crippen LogP contribution is -2.41. The number of benzene rings is 3. The summed E-state index contributed by atoms with van der Waals surface area (Å²) in [5, 5.41) is 2.97. The monoisotopic (exact) mass is 464 g/mol. The third-order valence-electron chi connectivity index (χ3n) is 5.90. The molecule has 172 valence electrons. The number of ether oxygens (including phenoxy) is 1. The van der Waals surface area contributed by atoms with Crippen molar-refractivity contribution < 1.29 is 17.9 Å². The van der Waals surface area contributed by atoms with Gasteiger partial charge in [-0.25, -0.2) is 8.42 Å². The van der Waals surface area contributed by atoms with Crippen molar-refractivity contribution in [1.82, 2.24) is 4.31 Å². The molecule has 1 saturated heterocycles. The van der Waals surface area contributed by atoms with Crippen molar-refractivity contribution in [3.05, 3.63) is 83.9 Å². The number of para-hydroxylation sites is 3. The zero-order valence-electron chi connectivity index (χ0n) is 18.8. The van der Waals surface area contributed by atoms with Crippen LogP contribution in [0.1, 0.15) is 24.0 Å². The van der Waals surface area contributed by atoms with E-state index in [1.807, 2.05) is 74.5 Å². The van der Waals surface area contributed by atoms with E-state index in [9.17, 15) is 13.2 Å². The lowest BCUT2D eigenvalue weighted by Gasteiger charge is -2.31. The molecule has 0 aromatic heterocycles. The number of sulfonamides is 1. The van der Waals surface area contributed by atoms with Gasteiger partial charge in [0, 0.05) is 19.0 Å². The Bertz CT molecular complexity index is 1230. The van der Waals surface area contributed by atoms with E-state index < -0.39 is 10.0 Å². The highest BCUT2D eigenvalue weighted by molar-refractivity contribution is 7.89. The van der Waals surface area contributed by atoms with Crippen LogP contribution in [-0.2, 0) is 14.8 Å². The van der Waals surface area contributed by atoms with E-state index >= 15 is 0 Å². The summed E-state index contributed by atoms with van der Waals surface area (Å²) in [6.45, 7) is 4.32. The van der Waals surface area contributed by atoms with E-state index in [1.54, 1.807) is 12.1 Å².